The Morgan fingerprint density at radius 3 is 2.85 bits per heavy atom. The van der Waals surface area contributed by atoms with Gasteiger partial charge in [-0.15, -0.1) is 11.3 Å². The summed E-state index contributed by atoms with van der Waals surface area (Å²) in [5.41, 5.74) is 9.39. The van der Waals surface area contributed by atoms with Crippen molar-refractivity contribution in [2.45, 2.75) is 20.3 Å². The van der Waals surface area contributed by atoms with Crippen molar-refractivity contribution in [3.8, 4) is 0 Å². The summed E-state index contributed by atoms with van der Waals surface area (Å²) in [6.07, 6.45) is 1.10. The molecule has 1 nitrogen and oxygen atoms in total. The number of anilines is 1. The summed E-state index contributed by atoms with van der Waals surface area (Å²) >= 11 is 1.79. The van der Waals surface area contributed by atoms with Crippen molar-refractivity contribution in [3.05, 3.63) is 28.6 Å². The Morgan fingerprint density at radius 1 is 1.38 bits per heavy atom. The molecular formula is C11H13NS. The summed E-state index contributed by atoms with van der Waals surface area (Å²) in [7, 11) is 0. The Balaban J connectivity index is 2.82. The molecule has 68 valence electrons. The van der Waals surface area contributed by atoms with E-state index < -0.39 is 0 Å². The predicted molar refractivity (Wildman–Crippen MR) is 60.4 cm³/mol. The number of nitrogen functional groups attached to an aromatic ring is 1. The van der Waals surface area contributed by atoms with Gasteiger partial charge in [0.15, 0.2) is 0 Å². The number of benzene rings is 1. The zero-order valence-corrected chi connectivity index (χ0v) is 8.74. The third-order valence-corrected chi connectivity index (χ3v) is 3.33. The summed E-state index contributed by atoms with van der Waals surface area (Å²) in [6, 6.07) is 4.11. The topological polar surface area (TPSA) is 26.0 Å². The van der Waals surface area contributed by atoms with Gasteiger partial charge >= 0.3 is 0 Å². The first kappa shape index (κ1) is 8.57. The van der Waals surface area contributed by atoms with Crippen LogP contribution < -0.4 is 5.73 Å². The molecule has 0 aliphatic heterocycles. The summed E-state index contributed by atoms with van der Waals surface area (Å²) < 4.78 is 1.31. The first-order valence-corrected chi connectivity index (χ1v) is 5.36. The van der Waals surface area contributed by atoms with Crippen LogP contribution >= 0.6 is 11.3 Å². The van der Waals surface area contributed by atoms with Gasteiger partial charge < -0.3 is 5.73 Å². The van der Waals surface area contributed by atoms with E-state index in [0.717, 1.165) is 12.1 Å². The lowest BCUT2D eigenvalue weighted by atomic mass is 10.1. The van der Waals surface area contributed by atoms with E-state index in [-0.39, 0.29) is 0 Å². The molecule has 0 unspecified atom stereocenters. The van der Waals surface area contributed by atoms with Crippen molar-refractivity contribution in [2.75, 3.05) is 5.73 Å². The molecule has 0 radical (unpaired) electrons. The van der Waals surface area contributed by atoms with Gasteiger partial charge in [0.2, 0.25) is 0 Å². The molecule has 0 fully saturated rings. The fourth-order valence-electron chi connectivity index (χ4n) is 1.74. The number of hydrogen-bond acceptors (Lipinski definition) is 2. The number of hydrogen-bond donors (Lipinski definition) is 1. The zero-order valence-electron chi connectivity index (χ0n) is 7.92. The minimum atomic E-state index is 0.870. The average molecular weight is 191 g/mol. The van der Waals surface area contributed by atoms with Crippen molar-refractivity contribution >= 4 is 27.1 Å². The molecule has 1 aromatic carbocycles. The van der Waals surface area contributed by atoms with E-state index in [0.29, 0.717) is 0 Å². The largest absolute Gasteiger partial charge is 0.399 e. The van der Waals surface area contributed by atoms with Crippen LogP contribution in [0.15, 0.2) is 17.5 Å². The average Bonchev–Trinajstić information content (AvgIpc) is 2.47. The van der Waals surface area contributed by atoms with Gasteiger partial charge in [-0.25, -0.2) is 0 Å². The highest BCUT2D eigenvalue weighted by atomic mass is 32.1. The molecule has 0 amide bonds. The number of thiophene rings is 1. The van der Waals surface area contributed by atoms with Gasteiger partial charge in [-0.1, -0.05) is 6.92 Å². The summed E-state index contributed by atoms with van der Waals surface area (Å²) in [6.45, 7) is 4.32. The zero-order chi connectivity index (χ0) is 9.42. The van der Waals surface area contributed by atoms with Crippen molar-refractivity contribution in [1.82, 2.24) is 0 Å². The Kier molecular flexibility index (Phi) is 2.00. The first-order valence-electron chi connectivity index (χ1n) is 4.48. The van der Waals surface area contributed by atoms with Gasteiger partial charge in [-0.05, 0) is 47.4 Å². The highest BCUT2D eigenvalue weighted by Gasteiger charge is 2.05. The molecule has 0 saturated heterocycles. The van der Waals surface area contributed by atoms with Gasteiger partial charge in [0.25, 0.3) is 0 Å². The van der Waals surface area contributed by atoms with E-state index >= 15 is 0 Å². The molecule has 1 heterocycles. The SMILES string of the molecule is CCc1csc2cc(N)cc(C)c12. The second-order valence-corrected chi connectivity index (χ2v) is 4.24. The minimum absolute atomic E-state index is 0.870. The Hall–Kier alpha value is -1.02. The maximum atomic E-state index is 5.78. The number of nitrogens with two attached hydrogens (primary N) is 1. The lowest BCUT2D eigenvalue weighted by molar-refractivity contribution is 1.17. The standard InChI is InChI=1S/C11H13NS/c1-3-8-6-13-10-5-9(12)4-7(2)11(8)10/h4-6H,3,12H2,1-2H3. The van der Waals surface area contributed by atoms with Crippen LogP contribution in [0.5, 0.6) is 0 Å². The number of aryl methyl sites for hydroxylation is 2. The molecule has 2 heteroatoms. The van der Waals surface area contributed by atoms with Crippen LogP contribution in [0, 0.1) is 6.92 Å². The van der Waals surface area contributed by atoms with Gasteiger partial charge in [-0.3, -0.25) is 0 Å². The van der Waals surface area contributed by atoms with Gasteiger partial charge in [0.05, 0.1) is 0 Å². The number of fused-ring (bicyclic) bond motifs is 1. The molecule has 0 aliphatic rings. The van der Waals surface area contributed by atoms with Crippen molar-refractivity contribution in [3.63, 3.8) is 0 Å². The lowest BCUT2D eigenvalue weighted by Gasteiger charge is -2.01. The van der Waals surface area contributed by atoms with E-state index in [1.807, 2.05) is 6.07 Å². The van der Waals surface area contributed by atoms with Crippen LogP contribution in [-0.2, 0) is 6.42 Å². The maximum absolute atomic E-state index is 5.78. The van der Waals surface area contributed by atoms with Crippen LogP contribution in [0.3, 0.4) is 0 Å². The van der Waals surface area contributed by atoms with Crippen LogP contribution in [0.2, 0.25) is 0 Å². The predicted octanol–water partition coefficient (Wildman–Crippen LogP) is 3.35. The maximum Gasteiger partial charge on any atom is 0.0368 e. The second kappa shape index (κ2) is 3.04. The highest BCUT2D eigenvalue weighted by Crippen LogP contribution is 2.31. The highest BCUT2D eigenvalue weighted by molar-refractivity contribution is 7.17. The smallest absolute Gasteiger partial charge is 0.0368 e. The quantitative estimate of drug-likeness (QED) is 0.687. The van der Waals surface area contributed by atoms with E-state index in [4.69, 9.17) is 5.73 Å². The van der Waals surface area contributed by atoms with Gasteiger partial charge in [-0.2, -0.15) is 0 Å². The third-order valence-electron chi connectivity index (χ3n) is 2.35. The van der Waals surface area contributed by atoms with Gasteiger partial charge in [0.1, 0.15) is 0 Å². The molecule has 0 bridgehead atoms. The summed E-state index contributed by atoms with van der Waals surface area (Å²) in [5, 5.41) is 3.64. The molecule has 0 saturated carbocycles. The Bertz CT molecular complexity index is 443. The normalized spacial score (nSPS) is 10.9. The van der Waals surface area contributed by atoms with Crippen LogP contribution in [0.4, 0.5) is 5.69 Å². The fraction of sp³-hybridized carbons (Fsp3) is 0.273. The first-order chi connectivity index (χ1) is 6.22. The molecule has 0 aliphatic carbocycles. The molecular weight excluding hydrogens is 178 g/mol. The minimum Gasteiger partial charge on any atom is -0.399 e. The molecule has 13 heavy (non-hydrogen) atoms. The van der Waals surface area contributed by atoms with Crippen molar-refractivity contribution < 1.29 is 0 Å². The van der Waals surface area contributed by atoms with Crippen LogP contribution in [0.25, 0.3) is 10.1 Å². The van der Waals surface area contributed by atoms with E-state index in [2.05, 4.69) is 25.3 Å². The van der Waals surface area contributed by atoms with Crippen LogP contribution in [0.1, 0.15) is 18.1 Å². The van der Waals surface area contributed by atoms with E-state index in [1.165, 1.54) is 21.2 Å². The Labute approximate surface area is 82.2 Å². The lowest BCUT2D eigenvalue weighted by Crippen LogP contribution is -1.86. The van der Waals surface area contributed by atoms with E-state index in [9.17, 15) is 0 Å². The fourth-order valence-corrected chi connectivity index (χ4v) is 2.91. The van der Waals surface area contributed by atoms with Crippen molar-refractivity contribution in [2.24, 2.45) is 0 Å². The Morgan fingerprint density at radius 2 is 2.15 bits per heavy atom. The summed E-state index contributed by atoms with van der Waals surface area (Å²) in [5.74, 6) is 0. The van der Waals surface area contributed by atoms with Gasteiger partial charge in [0, 0.05) is 10.4 Å². The molecule has 2 rings (SSSR count). The van der Waals surface area contributed by atoms with Crippen LogP contribution in [-0.4, -0.2) is 0 Å². The third kappa shape index (κ3) is 1.31. The molecule has 0 atom stereocenters. The molecule has 1 aromatic heterocycles. The molecule has 0 spiro atoms. The monoisotopic (exact) mass is 191 g/mol. The number of rotatable bonds is 1. The second-order valence-electron chi connectivity index (χ2n) is 3.33. The van der Waals surface area contributed by atoms with Crippen molar-refractivity contribution in [1.29, 1.82) is 0 Å². The van der Waals surface area contributed by atoms with E-state index in [1.54, 1.807) is 11.3 Å². The molecule has 2 aromatic rings. The summed E-state index contributed by atoms with van der Waals surface area (Å²) in [4.78, 5) is 0. The molecule has 2 N–H and O–H groups in total.